The lowest BCUT2D eigenvalue weighted by Gasteiger charge is -2.47. The van der Waals surface area contributed by atoms with E-state index in [1.54, 1.807) is 0 Å². The molecule has 1 N–H and O–H groups in total. The maximum Gasteiger partial charge on any atom is 0.127 e. The fraction of sp³-hybridized carbons (Fsp3) is 0.600. The highest BCUT2D eigenvalue weighted by Gasteiger charge is 2.40. The van der Waals surface area contributed by atoms with Gasteiger partial charge in [0.15, 0.2) is 0 Å². The van der Waals surface area contributed by atoms with Crippen LogP contribution in [0.1, 0.15) is 24.0 Å². The van der Waals surface area contributed by atoms with Crippen molar-refractivity contribution in [2.75, 3.05) is 26.2 Å². The van der Waals surface area contributed by atoms with Gasteiger partial charge in [0.05, 0.1) is 4.90 Å². The zero-order valence-electron chi connectivity index (χ0n) is 11.7. The predicted octanol–water partition coefficient (Wildman–Crippen LogP) is 2.01. The largest absolute Gasteiger partial charge is 0.316 e. The van der Waals surface area contributed by atoms with E-state index < -0.39 is 11.0 Å². The summed E-state index contributed by atoms with van der Waals surface area (Å²) in [6.07, 6.45) is 2.35. The number of piperidine rings is 1. The second kappa shape index (κ2) is 5.00. The Bertz CT molecular complexity index is 501. The first-order chi connectivity index (χ1) is 9.10. The van der Waals surface area contributed by atoms with Gasteiger partial charge in [0.2, 0.25) is 0 Å². The summed E-state index contributed by atoms with van der Waals surface area (Å²) in [5, 5.41) is 3.37. The highest BCUT2D eigenvalue weighted by atomic mass is 32.2. The molecular formula is C15H22N2OS. The van der Waals surface area contributed by atoms with E-state index in [9.17, 15) is 4.21 Å². The Labute approximate surface area is 118 Å². The van der Waals surface area contributed by atoms with Gasteiger partial charge in [0.1, 0.15) is 11.0 Å². The SMILES string of the molecule is Cc1ccc(S(=O)N2CCC3(CC2)CNC3)c(C)c1. The molecule has 0 radical (unpaired) electrons. The Kier molecular flexibility index (Phi) is 3.50. The molecule has 3 rings (SSSR count). The highest BCUT2D eigenvalue weighted by Crippen LogP contribution is 2.36. The van der Waals surface area contributed by atoms with Crippen LogP contribution in [0.25, 0.3) is 0 Å². The van der Waals surface area contributed by atoms with Crippen LogP contribution in [0.5, 0.6) is 0 Å². The molecular weight excluding hydrogens is 256 g/mol. The van der Waals surface area contributed by atoms with Crippen LogP contribution in [0.4, 0.5) is 0 Å². The molecule has 0 amide bonds. The van der Waals surface area contributed by atoms with Crippen molar-refractivity contribution in [1.29, 1.82) is 0 Å². The molecule has 4 heteroatoms. The van der Waals surface area contributed by atoms with Crippen LogP contribution < -0.4 is 5.32 Å². The van der Waals surface area contributed by atoms with Crippen LogP contribution in [0.3, 0.4) is 0 Å². The van der Waals surface area contributed by atoms with E-state index in [1.165, 1.54) is 18.4 Å². The Balaban J connectivity index is 1.71. The van der Waals surface area contributed by atoms with Crippen LogP contribution in [0.15, 0.2) is 23.1 Å². The molecule has 19 heavy (non-hydrogen) atoms. The molecule has 0 aliphatic carbocycles. The lowest BCUT2D eigenvalue weighted by Crippen LogP contribution is -2.58. The molecule has 1 unspecified atom stereocenters. The van der Waals surface area contributed by atoms with Crippen molar-refractivity contribution in [2.24, 2.45) is 5.41 Å². The molecule has 1 spiro atoms. The number of nitrogens with zero attached hydrogens (tertiary/aromatic N) is 1. The van der Waals surface area contributed by atoms with Crippen molar-refractivity contribution in [1.82, 2.24) is 9.62 Å². The molecule has 3 nitrogen and oxygen atoms in total. The van der Waals surface area contributed by atoms with Gasteiger partial charge in [0, 0.05) is 26.2 Å². The van der Waals surface area contributed by atoms with Crippen molar-refractivity contribution < 1.29 is 4.21 Å². The fourth-order valence-corrected chi connectivity index (χ4v) is 4.40. The van der Waals surface area contributed by atoms with Crippen molar-refractivity contribution in [2.45, 2.75) is 31.6 Å². The maximum absolute atomic E-state index is 12.7. The summed E-state index contributed by atoms with van der Waals surface area (Å²) in [4.78, 5) is 0.980. The first-order valence-corrected chi connectivity index (χ1v) is 8.15. The number of aryl methyl sites for hydroxylation is 2. The predicted molar refractivity (Wildman–Crippen MR) is 78.4 cm³/mol. The van der Waals surface area contributed by atoms with Gasteiger partial charge in [0.25, 0.3) is 0 Å². The summed E-state index contributed by atoms with van der Waals surface area (Å²) < 4.78 is 14.8. The topological polar surface area (TPSA) is 32.3 Å². The Morgan fingerprint density at radius 1 is 1.21 bits per heavy atom. The molecule has 2 aliphatic heterocycles. The molecule has 0 aromatic heterocycles. The van der Waals surface area contributed by atoms with Crippen molar-refractivity contribution in [3.63, 3.8) is 0 Å². The third-order valence-electron chi connectivity index (χ3n) is 4.54. The van der Waals surface area contributed by atoms with Gasteiger partial charge >= 0.3 is 0 Å². The minimum Gasteiger partial charge on any atom is -0.316 e. The van der Waals surface area contributed by atoms with E-state index in [4.69, 9.17) is 0 Å². The van der Waals surface area contributed by atoms with E-state index >= 15 is 0 Å². The zero-order chi connectivity index (χ0) is 13.5. The fourth-order valence-electron chi connectivity index (χ4n) is 3.09. The monoisotopic (exact) mass is 278 g/mol. The summed E-state index contributed by atoms with van der Waals surface area (Å²) in [5.41, 5.74) is 2.89. The number of benzene rings is 1. The number of rotatable bonds is 2. The molecule has 1 aromatic rings. The van der Waals surface area contributed by atoms with E-state index in [1.807, 2.05) is 6.07 Å². The average Bonchev–Trinajstić information content (AvgIpc) is 2.36. The van der Waals surface area contributed by atoms with E-state index in [-0.39, 0.29) is 0 Å². The highest BCUT2D eigenvalue weighted by molar-refractivity contribution is 7.82. The quantitative estimate of drug-likeness (QED) is 0.897. The Morgan fingerprint density at radius 3 is 2.42 bits per heavy atom. The van der Waals surface area contributed by atoms with Gasteiger partial charge in [-0.3, -0.25) is 0 Å². The normalized spacial score (nSPS) is 24.1. The van der Waals surface area contributed by atoms with Gasteiger partial charge in [-0.2, -0.15) is 0 Å². The number of nitrogens with one attached hydrogen (secondary N) is 1. The second-order valence-electron chi connectivity index (χ2n) is 6.05. The molecule has 0 saturated carbocycles. The van der Waals surface area contributed by atoms with Crippen LogP contribution >= 0.6 is 0 Å². The molecule has 2 heterocycles. The lowest BCUT2D eigenvalue weighted by molar-refractivity contribution is 0.0889. The van der Waals surface area contributed by atoms with Crippen molar-refractivity contribution >= 4 is 11.0 Å². The molecule has 2 fully saturated rings. The molecule has 2 saturated heterocycles. The first kappa shape index (κ1) is 13.3. The average molecular weight is 278 g/mol. The van der Waals surface area contributed by atoms with Gasteiger partial charge < -0.3 is 5.32 Å². The summed E-state index contributed by atoms with van der Waals surface area (Å²) in [7, 11) is -0.988. The zero-order valence-corrected chi connectivity index (χ0v) is 12.6. The Hall–Kier alpha value is -0.710. The first-order valence-electron chi connectivity index (χ1n) is 7.05. The lowest BCUT2D eigenvalue weighted by atomic mass is 9.74. The number of hydrogen-bond donors (Lipinski definition) is 1. The molecule has 1 aromatic carbocycles. The van der Waals surface area contributed by atoms with Crippen molar-refractivity contribution in [3.05, 3.63) is 29.3 Å². The third kappa shape index (κ3) is 2.49. The Morgan fingerprint density at radius 2 is 1.89 bits per heavy atom. The van der Waals surface area contributed by atoms with E-state index in [0.29, 0.717) is 5.41 Å². The van der Waals surface area contributed by atoms with Gasteiger partial charge in [-0.25, -0.2) is 8.51 Å². The molecule has 104 valence electrons. The van der Waals surface area contributed by atoms with Crippen molar-refractivity contribution in [3.8, 4) is 0 Å². The van der Waals surface area contributed by atoms with Gasteiger partial charge in [-0.05, 0) is 43.7 Å². The van der Waals surface area contributed by atoms with E-state index in [2.05, 4.69) is 35.6 Å². The van der Waals surface area contributed by atoms with Crippen LogP contribution in [0.2, 0.25) is 0 Å². The van der Waals surface area contributed by atoms with E-state index in [0.717, 1.165) is 36.6 Å². The summed E-state index contributed by atoms with van der Waals surface area (Å²) in [5.74, 6) is 0. The van der Waals surface area contributed by atoms with Crippen LogP contribution in [-0.4, -0.2) is 34.7 Å². The number of hydrogen-bond acceptors (Lipinski definition) is 2. The second-order valence-corrected chi connectivity index (χ2v) is 7.51. The minimum absolute atomic E-state index is 0.517. The third-order valence-corrected chi connectivity index (χ3v) is 6.20. The molecule has 0 bridgehead atoms. The molecule has 1 atom stereocenters. The smallest absolute Gasteiger partial charge is 0.127 e. The maximum atomic E-state index is 12.7. The van der Waals surface area contributed by atoms with Gasteiger partial charge in [-0.15, -0.1) is 0 Å². The minimum atomic E-state index is -0.988. The van der Waals surface area contributed by atoms with Crippen LogP contribution in [0, 0.1) is 19.3 Å². The summed E-state index contributed by atoms with van der Waals surface area (Å²) >= 11 is 0. The molecule has 2 aliphatic rings. The van der Waals surface area contributed by atoms with Gasteiger partial charge in [-0.1, -0.05) is 17.7 Å². The summed E-state index contributed by atoms with van der Waals surface area (Å²) in [6, 6.07) is 6.20. The van der Waals surface area contributed by atoms with Crippen LogP contribution in [-0.2, 0) is 11.0 Å². The standard InChI is InChI=1S/C15H22N2OS/c1-12-3-4-14(13(2)9-12)19(18)17-7-5-15(6-8-17)10-16-11-15/h3-4,9,16H,5-8,10-11H2,1-2H3. The summed E-state index contributed by atoms with van der Waals surface area (Å²) in [6.45, 7) is 8.35.